The summed E-state index contributed by atoms with van der Waals surface area (Å²) in [6.45, 7) is 7.51. The minimum atomic E-state index is -4.65. The number of methoxy groups -OCH3 is 1. The van der Waals surface area contributed by atoms with Crippen LogP contribution in [0.4, 0.5) is 13.2 Å². The zero-order chi connectivity index (χ0) is 24.6. The Balaban J connectivity index is 2.28. The van der Waals surface area contributed by atoms with Crippen molar-refractivity contribution in [1.82, 2.24) is 10.2 Å². The Morgan fingerprint density at radius 3 is 2.30 bits per heavy atom. The van der Waals surface area contributed by atoms with E-state index in [-0.39, 0.29) is 28.3 Å². The van der Waals surface area contributed by atoms with Crippen molar-refractivity contribution in [2.45, 2.75) is 51.6 Å². The first-order chi connectivity index (χ1) is 15.3. The molecule has 33 heavy (non-hydrogen) atoms. The van der Waals surface area contributed by atoms with Crippen molar-refractivity contribution < 1.29 is 32.2 Å². The predicted molar refractivity (Wildman–Crippen MR) is 115 cm³/mol. The van der Waals surface area contributed by atoms with Gasteiger partial charge >= 0.3 is 12.1 Å². The maximum absolute atomic E-state index is 13.8. The maximum atomic E-state index is 13.8. The van der Waals surface area contributed by atoms with Crippen LogP contribution in [-0.2, 0) is 16.4 Å². The van der Waals surface area contributed by atoms with Gasteiger partial charge in [0.1, 0.15) is 5.75 Å². The van der Waals surface area contributed by atoms with Gasteiger partial charge in [-0.3, -0.25) is 4.79 Å². The average Bonchev–Trinajstić information content (AvgIpc) is 3.15. The van der Waals surface area contributed by atoms with Crippen LogP contribution in [0, 0.1) is 6.92 Å². The molecule has 0 amide bonds. The van der Waals surface area contributed by atoms with Crippen molar-refractivity contribution in [3.63, 3.8) is 0 Å². The number of hydrogen-bond donors (Lipinski definition) is 1. The Morgan fingerprint density at radius 1 is 1.09 bits per heavy atom. The number of ether oxygens (including phenoxy) is 1. The summed E-state index contributed by atoms with van der Waals surface area (Å²) in [6, 6.07) is 8.85. The van der Waals surface area contributed by atoms with E-state index in [0.29, 0.717) is 11.3 Å². The van der Waals surface area contributed by atoms with Crippen molar-refractivity contribution >= 4 is 5.97 Å². The minimum absolute atomic E-state index is 0.0596. The smallest absolute Gasteiger partial charge is 0.416 e. The molecule has 2 aromatic carbocycles. The van der Waals surface area contributed by atoms with Gasteiger partial charge in [0.25, 0.3) is 0 Å². The van der Waals surface area contributed by atoms with E-state index in [0.717, 1.165) is 17.7 Å². The number of halogens is 3. The predicted octanol–water partition coefficient (Wildman–Crippen LogP) is 5.98. The SMILES string of the molecule is COc1ccc(C(C)(C)C)cc1-c1cc(C(CC(=O)O)c2nnc(C)o2)cc(C(F)(F)F)c1. The number of aromatic nitrogens is 2. The Bertz CT molecular complexity index is 1160. The summed E-state index contributed by atoms with van der Waals surface area (Å²) in [6.07, 6.45) is -5.17. The van der Waals surface area contributed by atoms with Crippen LogP contribution < -0.4 is 4.74 Å². The Kier molecular flexibility index (Phi) is 6.53. The van der Waals surface area contributed by atoms with Crippen LogP contribution in [0.15, 0.2) is 40.8 Å². The molecule has 1 unspecified atom stereocenters. The number of alkyl halides is 3. The Morgan fingerprint density at radius 2 is 1.79 bits per heavy atom. The van der Waals surface area contributed by atoms with Crippen LogP contribution in [0.25, 0.3) is 11.1 Å². The third-order valence-corrected chi connectivity index (χ3v) is 5.28. The van der Waals surface area contributed by atoms with Gasteiger partial charge < -0.3 is 14.3 Å². The number of benzene rings is 2. The molecule has 176 valence electrons. The molecule has 1 aromatic heterocycles. The van der Waals surface area contributed by atoms with Gasteiger partial charge in [-0.1, -0.05) is 32.9 Å². The number of rotatable bonds is 6. The number of carbonyl (C=O) groups is 1. The van der Waals surface area contributed by atoms with Crippen LogP contribution in [0.5, 0.6) is 5.75 Å². The monoisotopic (exact) mass is 462 g/mol. The fourth-order valence-corrected chi connectivity index (χ4v) is 3.55. The van der Waals surface area contributed by atoms with Crippen molar-refractivity contribution in [3.05, 3.63) is 64.9 Å². The van der Waals surface area contributed by atoms with Crippen LogP contribution in [0.1, 0.15) is 61.6 Å². The fourth-order valence-electron chi connectivity index (χ4n) is 3.55. The molecule has 0 saturated carbocycles. The van der Waals surface area contributed by atoms with E-state index in [2.05, 4.69) is 10.2 Å². The largest absolute Gasteiger partial charge is 0.496 e. The molecule has 3 rings (SSSR count). The normalized spacial score (nSPS) is 13.1. The molecular formula is C24H25F3N2O4. The summed E-state index contributed by atoms with van der Waals surface area (Å²) in [5.74, 6) is -1.73. The van der Waals surface area contributed by atoms with Gasteiger partial charge in [0.05, 0.1) is 25.0 Å². The fraction of sp³-hybridized carbons (Fsp3) is 0.375. The van der Waals surface area contributed by atoms with E-state index in [1.54, 1.807) is 12.1 Å². The molecule has 0 bridgehead atoms. The van der Waals surface area contributed by atoms with E-state index < -0.39 is 30.0 Å². The summed E-state index contributed by atoms with van der Waals surface area (Å²) < 4.78 is 52.4. The van der Waals surface area contributed by atoms with Gasteiger partial charge in [-0.2, -0.15) is 13.2 Å². The Labute approximate surface area is 189 Å². The second-order valence-electron chi connectivity index (χ2n) is 8.82. The van der Waals surface area contributed by atoms with E-state index >= 15 is 0 Å². The van der Waals surface area contributed by atoms with E-state index in [9.17, 15) is 23.1 Å². The second-order valence-corrected chi connectivity index (χ2v) is 8.82. The first kappa shape index (κ1) is 24.3. The van der Waals surface area contributed by atoms with Crippen LogP contribution in [0.3, 0.4) is 0 Å². The summed E-state index contributed by atoms with van der Waals surface area (Å²) in [4.78, 5) is 11.5. The van der Waals surface area contributed by atoms with E-state index in [4.69, 9.17) is 9.15 Å². The molecule has 3 aromatic rings. The number of hydrogen-bond acceptors (Lipinski definition) is 5. The molecule has 0 aliphatic carbocycles. The number of carboxylic acid groups (broad SMARTS) is 1. The third kappa shape index (κ3) is 5.53. The minimum Gasteiger partial charge on any atom is -0.496 e. The molecule has 0 fully saturated rings. The second kappa shape index (κ2) is 8.88. The maximum Gasteiger partial charge on any atom is 0.416 e. The van der Waals surface area contributed by atoms with Crippen molar-refractivity contribution in [2.75, 3.05) is 7.11 Å². The van der Waals surface area contributed by atoms with Crippen LogP contribution in [-0.4, -0.2) is 28.4 Å². The van der Waals surface area contributed by atoms with Crippen molar-refractivity contribution in [1.29, 1.82) is 0 Å². The first-order valence-corrected chi connectivity index (χ1v) is 10.2. The van der Waals surface area contributed by atoms with Crippen LogP contribution >= 0.6 is 0 Å². The van der Waals surface area contributed by atoms with Gasteiger partial charge in [-0.05, 0) is 46.4 Å². The molecular weight excluding hydrogens is 437 g/mol. The summed E-state index contributed by atoms with van der Waals surface area (Å²) in [5, 5.41) is 17.0. The van der Waals surface area contributed by atoms with Gasteiger partial charge in [0, 0.05) is 12.5 Å². The molecule has 1 N–H and O–H groups in total. The topological polar surface area (TPSA) is 85.5 Å². The third-order valence-electron chi connectivity index (χ3n) is 5.28. The molecule has 1 atom stereocenters. The van der Waals surface area contributed by atoms with Crippen molar-refractivity contribution in [2.24, 2.45) is 0 Å². The lowest BCUT2D eigenvalue weighted by atomic mass is 9.84. The van der Waals surface area contributed by atoms with E-state index in [1.807, 2.05) is 26.8 Å². The lowest BCUT2D eigenvalue weighted by Crippen LogP contribution is -2.13. The number of aryl methyl sites for hydroxylation is 1. The highest BCUT2D eigenvalue weighted by Gasteiger charge is 2.34. The number of nitrogens with zero attached hydrogens (tertiary/aromatic N) is 2. The average molecular weight is 462 g/mol. The Hall–Kier alpha value is -3.36. The van der Waals surface area contributed by atoms with Crippen LogP contribution in [0.2, 0.25) is 0 Å². The zero-order valence-corrected chi connectivity index (χ0v) is 18.9. The number of aliphatic carboxylic acids is 1. The van der Waals surface area contributed by atoms with Gasteiger partial charge in [-0.15, -0.1) is 10.2 Å². The molecule has 1 heterocycles. The quantitative estimate of drug-likeness (QED) is 0.485. The lowest BCUT2D eigenvalue weighted by Gasteiger charge is -2.22. The van der Waals surface area contributed by atoms with Gasteiger partial charge in [0.2, 0.25) is 11.8 Å². The molecule has 0 spiro atoms. The summed E-state index contributed by atoms with van der Waals surface area (Å²) in [7, 11) is 1.44. The molecule has 0 radical (unpaired) electrons. The zero-order valence-electron chi connectivity index (χ0n) is 18.9. The van der Waals surface area contributed by atoms with Gasteiger partial charge in [-0.25, -0.2) is 0 Å². The van der Waals surface area contributed by atoms with Gasteiger partial charge in [0.15, 0.2) is 0 Å². The highest BCUT2D eigenvalue weighted by atomic mass is 19.4. The summed E-state index contributed by atoms with van der Waals surface area (Å²) >= 11 is 0. The van der Waals surface area contributed by atoms with Crippen molar-refractivity contribution in [3.8, 4) is 16.9 Å². The highest BCUT2D eigenvalue weighted by Crippen LogP contribution is 2.41. The van der Waals surface area contributed by atoms with E-state index in [1.165, 1.54) is 20.1 Å². The molecule has 6 nitrogen and oxygen atoms in total. The first-order valence-electron chi connectivity index (χ1n) is 10.2. The highest BCUT2D eigenvalue weighted by molar-refractivity contribution is 5.74. The molecule has 0 saturated heterocycles. The molecule has 0 aliphatic rings. The molecule has 9 heteroatoms. The lowest BCUT2D eigenvalue weighted by molar-refractivity contribution is -0.138. The molecule has 0 aliphatic heterocycles. The number of carboxylic acids is 1. The summed E-state index contributed by atoms with van der Waals surface area (Å²) in [5.41, 5.74) is 0.562. The standard InChI is InChI=1S/C24H25F3N2O4/c1-13-28-29-22(33-13)19(12-21(30)31)15-8-14(9-17(10-15)24(25,26)27)18-11-16(23(2,3)4)6-7-20(18)32-5/h6-11,19H,12H2,1-5H3,(H,30,31).